The van der Waals surface area contributed by atoms with Crippen molar-refractivity contribution in [2.75, 3.05) is 0 Å². The Kier molecular flexibility index (Phi) is 6.58. The van der Waals surface area contributed by atoms with Gasteiger partial charge in [-0.25, -0.2) is 0 Å². The van der Waals surface area contributed by atoms with Gasteiger partial charge in [0.2, 0.25) is 0 Å². The molecule has 5 aliphatic rings. The predicted molar refractivity (Wildman–Crippen MR) is 142 cm³/mol. The van der Waals surface area contributed by atoms with Crippen LogP contribution in [-0.4, -0.2) is 16.1 Å². The maximum absolute atomic E-state index is 13.4. The third kappa shape index (κ3) is 3.86. The lowest BCUT2D eigenvalue weighted by molar-refractivity contribution is -0.274. The lowest BCUT2D eigenvalue weighted by Crippen LogP contribution is -2.59. The summed E-state index contributed by atoms with van der Waals surface area (Å²) < 4.78 is 0. The molecule has 1 unspecified atom stereocenters. The minimum atomic E-state index is -0.150. The van der Waals surface area contributed by atoms with Crippen LogP contribution in [0.4, 0.5) is 0 Å². The highest BCUT2D eigenvalue weighted by molar-refractivity contribution is 5.13. The van der Waals surface area contributed by atoms with Crippen molar-refractivity contribution in [2.45, 2.75) is 149 Å². The van der Waals surface area contributed by atoms with Crippen LogP contribution in [0.15, 0.2) is 0 Å². The van der Waals surface area contributed by atoms with E-state index in [1.165, 1.54) is 70.6 Å². The van der Waals surface area contributed by atoms with Crippen LogP contribution in [0.3, 0.4) is 0 Å². The number of hydrogen-bond acceptors (Lipinski definition) is 1. The number of nitrogens with zero attached hydrogens (tertiary/aromatic N) is 1. The van der Waals surface area contributed by atoms with Crippen LogP contribution in [0.1, 0.15) is 138 Å². The number of fused-ring (bicyclic) bond motifs is 5. The largest absolute Gasteiger partial charge is 0.143 e. The van der Waals surface area contributed by atoms with Gasteiger partial charge in [0.05, 0.1) is 5.54 Å². The molecule has 195 valence electrons. The molecule has 2 nitrogen and oxygen atoms in total. The molecule has 0 aromatic rings. The van der Waals surface area contributed by atoms with E-state index in [1.807, 2.05) is 0 Å². The first-order valence-electron chi connectivity index (χ1n) is 15.4. The van der Waals surface area contributed by atoms with Gasteiger partial charge in [-0.2, -0.15) is 0 Å². The molecule has 0 aromatic heterocycles. The van der Waals surface area contributed by atoms with E-state index < -0.39 is 0 Å². The quantitative estimate of drug-likeness (QED) is 0.393. The summed E-state index contributed by atoms with van der Waals surface area (Å²) in [6.45, 7) is 17.1. The van der Waals surface area contributed by atoms with E-state index in [0.29, 0.717) is 10.8 Å². The second-order valence-electron chi connectivity index (χ2n) is 15.7. The molecule has 4 aliphatic carbocycles. The van der Waals surface area contributed by atoms with Crippen LogP contribution in [0.2, 0.25) is 0 Å². The van der Waals surface area contributed by atoms with Crippen molar-refractivity contribution in [2.24, 2.45) is 52.3 Å². The van der Waals surface area contributed by atoms with Gasteiger partial charge < -0.3 is 0 Å². The normalized spacial score (nSPS) is 49.1. The lowest BCUT2D eigenvalue weighted by Gasteiger charge is -2.63. The topological polar surface area (TPSA) is 23.1 Å². The summed E-state index contributed by atoms with van der Waals surface area (Å²) in [4.78, 5) is 0. The summed E-state index contributed by atoms with van der Waals surface area (Å²) in [5.41, 5.74) is 0.902. The minimum absolute atomic E-state index is 0.0342. The molecule has 1 radical (unpaired) electrons. The van der Waals surface area contributed by atoms with Crippen molar-refractivity contribution >= 4 is 0 Å². The van der Waals surface area contributed by atoms with Crippen molar-refractivity contribution in [1.29, 1.82) is 0 Å². The van der Waals surface area contributed by atoms with Gasteiger partial charge in [-0.1, -0.05) is 53.9 Å². The van der Waals surface area contributed by atoms with Crippen LogP contribution in [0, 0.1) is 52.3 Å². The molecule has 0 bridgehead atoms. The van der Waals surface area contributed by atoms with Gasteiger partial charge in [-0.15, -0.1) is 10.3 Å². The average Bonchev–Trinajstić information content (AvgIpc) is 3.24. The number of rotatable bonds is 5. The van der Waals surface area contributed by atoms with E-state index in [2.05, 4.69) is 48.5 Å². The molecule has 1 heterocycles. The fourth-order valence-electron chi connectivity index (χ4n) is 11.1. The van der Waals surface area contributed by atoms with Crippen molar-refractivity contribution in [1.82, 2.24) is 5.06 Å². The van der Waals surface area contributed by atoms with Crippen LogP contribution in [0.25, 0.3) is 0 Å². The lowest BCUT2D eigenvalue weighted by atomic mass is 9.43. The molecular weight excluding hydrogens is 414 g/mol. The van der Waals surface area contributed by atoms with Crippen LogP contribution in [0.5, 0.6) is 0 Å². The molecule has 1 saturated heterocycles. The highest BCUT2D eigenvalue weighted by Gasteiger charge is 2.63. The summed E-state index contributed by atoms with van der Waals surface area (Å²) in [5.74, 6) is 6.35. The SMILES string of the molecule is CC(C)CCC[C@@H](C)[C@H]1CC[C@H]2[C@@H]3CC[C@H]4CC5(CCC(C)(C)N5[O])CC[C@]4(C)[C@H]3CC[C@]12C. The zero-order chi connectivity index (χ0) is 24.5. The minimum Gasteiger partial charge on any atom is -0.143 e. The van der Waals surface area contributed by atoms with Crippen molar-refractivity contribution in [3.05, 3.63) is 0 Å². The van der Waals surface area contributed by atoms with E-state index in [9.17, 15) is 5.21 Å². The van der Waals surface area contributed by atoms with E-state index in [4.69, 9.17) is 0 Å². The number of hydrogen-bond donors (Lipinski definition) is 0. The first kappa shape index (κ1) is 25.6. The Morgan fingerprint density at radius 3 is 2.15 bits per heavy atom. The van der Waals surface area contributed by atoms with Crippen LogP contribution in [-0.2, 0) is 5.21 Å². The standard InChI is InChI=1S/C32H56NO/c1-22(2)9-8-10-23(3)26-13-14-27-25-12-11-24-21-32(19-17-29(4,5)33(32)34)20-18-30(24,6)28(25)15-16-31(26,27)7/h22-28H,8-21H2,1-7H3/t23-,24+,25+,26-,27+,28+,30+,31-,32?/m1/s1. The molecule has 9 atom stereocenters. The molecular formula is C32H56NO. The van der Waals surface area contributed by atoms with Crippen molar-refractivity contribution in [3.63, 3.8) is 0 Å². The molecule has 1 aliphatic heterocycles. The monoisotopic (exact) mass is 470 g/mol. The Morgan fingerprint density at radius 1 is 0.765 bits per heavy atom. The Labute approximate surface area is 212 Å². The van der Waals surface area contributed by atoms with Crippen molar-refractivity contribution < 1.29 is 5.21 Å². The Hall–Kier alpha value is -0.0800. The Balaban J connectivity index is 1.29. The van der Waals surface area contributed by atoms with Crippen LogP contribution >= 0.6 is 0 Å². The summed E-state index contributed by atoms with van der Waals surface area (Å²) >= 11 is 0. The predicted octanol–water partition coefficient (Wildman–Crippen LogP) is 9.07. The fraction of sp³-hybridized carbons (Fsp3) is 1.00. The highest BCUT2D eigenvalue weighted by atomic mass is 16.5. The fourth-order valence-corrected chi connectivity index (χ4v) is 11.1. The van der Waals surface area contributed by atoms with E-state index in [-0.39, 0.29) is 11.1 Å². The third-order valence-electron chi connectivity index (χ3n) is 13.2. The van der Waals surface area contributed by atoms with Gasteiger partial charge in [0, 0.05) is 5.54 Å². The smallest absolute Gasteiger partial charge is 0.0503 e. The van der Waals surface area contributed by atoms with E-state index in [0.717, 1.165) is 60.7 Å². The van der Waals surface area contributed by atoms with Gasteiger partial charge in [0.25, 0.3) is 0 Å². The molecule has 1 spiro atoms. The van der Waals surface area contributed by atoms with Gasteiger partial charge in [0.1, 0.15) is 0 Å². The maximum Gasteiger partial charge on any atom is 0.0503 e. The van der Waals surface area contributed by atoms with Gasteiger partial charge in [-0.3, -0.25) is 0 Å². The Bertz CT molecular complexity index is 745. The molecule has 5 rings (SSSR count). The molecule has 0 N–H and O–H groups in total. The molecule has 4 saturated carbocycles. The van der Waals surface area contributed by atoms with Crippen molar-refractivity contribution in [3.8, 4) is 0 Å². The maximum atomic E-state index is 13.4. The summed E-state index contributed by atoms with van der Waals surface area (Å²) in [5, 5.41) is 15.0. The molecule has 5 fully saturated rings. The third-order valence-corrected chi connectivity index (χ3v) is 13.2. The van der Waals surface area contributed by atoms with E-state index in [1.54, 1.807) is 5.06 Å². The first-order chi connectivity index (χ1) is 15.9. The second kappa shape index (κ2) is 8.75. The molecule has 2 heteroatoms. The van der Waals surface area contributed by atoms with E-state index >= 15 is 0 Å². The molecule has 0 amide bonds. The summed E-state index contributed by atoms with van der Waals surface area (Å²) in [6.07, 6.45) is 19.0. The summed E-state index contributed by atoms with van der Waals surface area (Å²) in [6, 6.07) is 0. The van der Waals surface area contributed by atoms with Gasteiger partial charge >= 0.3 is 0 Å². The summed E-state index contributed by atoms with van der Waals surface area (Å²) in [7, 11) is 0. The molecule has 34 heavy (non-hydrogen) atoms. The van der Waals surface area contributed by atoms with Gasteiger partial charge in [0.15, 0.2) is 0 Å². The average molecular weight is 471 g/mol. The van der Waals surface area contributed by atoms with Gasteiger partial charge in [-0.05, 0) is 137 Å². The Morgan fingerprint density at radius 2 is 1.47 bits per heavy atom. The second-order valence-corrected chi connectivity index (χ2v) is 15.7. The highest BCUT2D eigenvalue weighted by Crippen LogP contribution is 2.70. The van der Waals surface area contributed by atoms with Crippen LogP contribution < -0.4 is 0 Å². The molecule has 0 aromatic carbocycles. The first-order valence-corrected chi connectivity index (χ1v) is 15.4. The zero-order valence-electron chi connectivity index (χ0n) is 23.8. The number of hydroxylamine groups is 2. The zero-order valence-corrected chi connectivity index (χ0v) is 23.8.